The van der Waals surface area contributed by atoms with E-state index in [1.807, 2.05) is 0 Å². The highest BCUT2D eigenvalue weighted by Crippen LogP contribution is 2.39. The molecule has 212 valence electrons. The fourth-order valence-electron chi connectivity index (χ4n) is 3.74. The van der Waals surface area contributed by atoms with Crippen LogP contribution in [-0.4, -0.2) is 30.8 Å². The molecule has 0 fully saturated rings. The molecule has 0 aliphatic rings. The minimum Gasteiger partial charge on any atom is -0.489 e. The average Bonchev–Trinajstić information content (AvgIpc) is 2.81. The maximum absolute atomic E-state index is 14.3. The second kappa shape index (κ2) is 10.8. The minimum atomic E-state index is -6.13. The number of ether oxygens (including phenoxy) is 1. The topological polar surface area (TPSA) is 63.6 Å². The summed E-state index contributed by atoms with van der Waals surface area (Å²) >= 11 is 0. The van der Waals surface area contributed by atoms with Crippen molar-refractivity contribution >= 4 is 21.0 Å². The lowest BCUT2D eigenvalue weighted by atomic mass is 9.87. The van der Waals surface area contributed by atoms with Gasteiger partial charge in [-0.3, -0.25) is 4.55 Å². The van der Waals surface area contributed by atoms with Crippen LogP contribution in [0.15, 0.2) is 87.5 Å². The Kier molecular flexibility index (Phi) is 8.56. The summed E-state index contributed by atoms with van der Waals surface area (Å²) in [5.41, 5.74) is 2.27. The molecule has 0 aliphatic heterocycles. The molecule has 1 atom stereocenters. The molecule has 0 saturated heterocycles. The van der Waals surface area contributed by atoms with Crippen molar-refractivity contribution in [1.29, 1.82) is 0 Å². The van der Waals surface area contributed by atoms with Gasteiger partial charge in [-0.05, 0) is 70.5 Å². The average molecular weight is 586 g/mol. The molecule has 10 heteroatoms. The van der Waals surface area contributed by atoms with E-state index in [9.17, 15) is 26.0 Å². The molecule has 0 radical (unpaired) electrons. The third-order valence-corrected chi connectivity index (χ3v) is 9.63. The zero-order valence-corrected chi connectivity index (χ0v) is 24.3. The van der Waals surface area contributed by atoms with Crippen LogP contribution >= 0.6 is 0 Å². The maximum atomic E-state index is 14.3. The molecular formula is C29H33F4O4S2+. The Morgan fingerprint density at radius 2 is 1.00 bits per heavy atom. The largest absolute Gasteiger partial charge is 0.489 e. The van der Waals surface area contributed by atoms with Crippen molar-refractivity contribution in [3.63, 3.8) is 0 Å². The van der Waals surface area contributed by atoms with E-state index in [4.69, 9.17) is 9.29 Å². The van der Waals surface area contributed by atoms with Crippen molar-refractivity contribution in [2.75, 3.05) is 6.61 Å². The fraction of sp³-hybridized carbons (Fsp3) is 0.379. The molecule has 3 aromatic rings. The van der Waals surface area contributed by atoms with Crippen LogP contribution in [0.3, 0.4) is 0 Å². The minimum absolute atomic E-state index is 0.0331. The van der Waals surface area contributed by atoms with E-state index in [0.717, 1.165) is 14.7 Å². The highest BCUT2D eigenvalue weighted by atomic mass is 32.2. The molecular weight excluding hydrogens is 552 g/mol. The van der Waals surface area contributed by atoms with E-state index in [0.29, 0.717) is 0 Å². The summed E-state index contributed by atoms with van der Waals surface area (Å²) in [6, 6.07) is 22.5. The molecule has 3 aromatic carbocycles. The second-order valence-corrected chi connectivity index (χ2v) is 14.9. The smallest absolute Gasteiger partial charge is 0.443 e. The third-order valence-electron chi connectivity index (χ3n) is 6.23. The Morgan fingerprint density at radius 1 is 0.667 bits per heavy atom. The zero-order chi connectivity index (χ0) is 29.4. The van der Waals surface area contributed by atoms with Gasteiger partial charge in [0.2, 0.25) is 0 Å². The maximum Gasteiger partial charge on any atom is 0.443 e. The molecule has 1 unspecified atom stereocenters. The van der Waals surface area contributed by atoms with Crippen LogP contribution in [0.25, 0.3) is 0 Å². The van der Waals surface area contributed by atoms with Crippen molar-refractivity contribution in [1.82, 2.24) is 0 Å². The summed E-state index contributed by atoms with van der Waals surface area (Å²) in [5.74, 6) is -0.177. The highest BCUT2D eigenvalue weighted by Gasteiger charge is 2.66. The highest BCUT2D eigenvalue weighted by molar-refractivity contribution is 7.97. The molecule has 0 heterocycles. The third kappa shape index (κ3) is 6.96. The quantitative estimate of drug-likeness (QED) is 0.174. The first-order valence-corrected chi connectivity index (χ1v) is 14.8. The standard InChI is InChI=1S/C29H32F4O4S2/c1-26(2,3)20-7-13-23(14-8-20)38(24-15-9-21(10-16-24)27(4,5)6)25-17-11-22(12-18-25)37-19-28(30,29(31,32)33)39(34,35)36/h7-18H,19H2,1-6H3/p+1. The van der Waals surface area contributed by atoms with Crippen LogP contribution in [-0.2, 0) is 31.8 Å². The van der Waals surface area contributed by atoms with Crippen molar-refractivity contribution in [3.8, 4) is 5.75 Å². The first-order chi connectivity index (χ1) is 17.7. The van der Waals surface area contributed by atoms with Gasteiger partial charge in [0.15, 0.2) is 14.7 Å². The van der Waals surface area contributed by atoms with Gasteiger partial charge >= 0.3 is 21.3 Å². The molecule has 0 amide bonds. The number of rotatable bonds is 7. The van der Waals surface area contributed by atoms with Crippen molar-refractivity contribution in [2.24, 2.45) is 0 Å². The van der Waals surface area contributed by atoms with Gasteiger partial charge in [0.25, 0.3) is 0 Å². The number of alkyl halides is 4. The Hall–Kier alpha value is -2.56. The van der Waals surface area contributed by atoms with Gasteiger partial charge in [0, 0.05) is 0 Å². The van der Waals surface area contributed by atoms with Crippen LogP contribution in [0.4, 0.5) is 17.6 Å². The first kappa shape index (κ1) is 31.0. The molecule has 0 bridgehead atoms. The summed E-state index contributed by atoms with van der Waals surface area (Å²) in [5, 5.41) is -4.95. The normalized spacial score (nSPS) is 14.8. The van der Waals surface area contributed by atoms with Gasteiger partial charge in [-0.2, -0.15) is 21.6 Å². The lowest BCUT2D eigenvalue weighted by Crippen LogP contribution is -2.52. The van der Waals surface area contributed by atoms with Crippen LogP contribution in [0.1, 0.15) is 52.7 Å². The molecule has 0 saturated carbocycles. The predicted octanol–water partition coefficient (Wildman–Crippen LogP) is 7.87. The Balaban J connectivity index is 1.98. The molecule has 1 N–H and O–H groups in total. The lowest BCUT2D eigenvalue weighted by molar-refractivity contribution is -0.206. The van der Waals surface area contributed by atoms with Gasteiger partial charge in [-0.25, -0.2) is 4.39 Å². The van der Waals surface area contributed by atoms with E-state index in [2.05, 4.69) is 90.1 Å². The number of hydrogen-bond acceptors (Lipinski definition) is 3. The monoisotopic (exact) mass is 585 g/mol. The first-order valence-electron chi connectivity index (χ1n) is 12.1. The zero-order valence-electron chi connectivity index (χ0n) is 22.6. The van der Waals surface area contributed by atoms with Crippen molar-refractivity contribution in [3.05, 3.63) is 83.9 Å². The van der Waals surface area contributed by atoms with Crippen LogP contribution in [0.5, 0.6) is 5.75 Å². The van der Waals surface area contributed by atoms with E-state index < -0.39 is 38.8 Å². The van der Waals surface area contributed by atoms with Gasteiger partial charge in [0.05, 0.1) is 10.9 Å². The van der Waals surface area contributed by atoms with E-state index in [-0.39, 0.29) is 16.6 Å². The molecule has 3 rings (SSSR count). The van der Waals surface area contributed by atoms with Gasteiger partial charge in [0.1, 0.15) is 12.4 Å². The van der Waals surface area contributed by atoms with Crippen molar-refractivity contribution in [2.45, 2.75) is 78.2 Å². The van der Waals surface area contributed by atoms with E-state index >= 15 is 0 Å². The van der Waals surface area contributed by atoms with Gasteiger partial charge in [-0.15, -0.1) is 0 Å². The van der Waals surface area contributed by atoms with E-state index in [1.165, 1.54) is 23.3 Å². The number of hydrogen-bond donors (Lipinski definition) is 1. The Morgan fingerprint density at radius 3 is 1.28 bits per heavy atom. The van der Waals surface area contributed by atoms with Crippen molar-refractivity contribution < 1.29 is 35.3 Å². The van der Waals surface area contributed by atoms with E-state index in [1.54, 1.807) is 12.1 Å². The summed E-state index contributed by atoms with van der Waals surface area (Å²) < 4.78 is 89.4. The SMILES string of the molecule is CC(C)(C)c1ccc([S+](c2ccc(OCC(F)(C(F)(F)F)S(=O)(=O)O)cc2)c2ccc(C(C)(C)C)cc2)cc1. The van der Waals surface area contributed by atoms with Gasteiger partial charge in [-0.1, -0.05) is 65.8 Å². The summed E-state index contributed by atoms with van der Waals surface area (Å²) in [4.78, 5) is 2.87. The van der Waals surface area contributed by atoms with Gasteiger partial charge < -0.3 is 4.74 Å². The summed E-state index contributed by atoms with van der Waals surface area (Å²) in [7, 11) is -6.72. The molecule has 0 aromatic heterocycles. The fourth-order valence-corrected chi connectivity index (χ4v) is 6.28. The molecule has 0 spiro atoms. The molecule has 0 aliphatic carbocycles. The Labute approximate surface area is 230 Å². The van der Waals surface area contributed by atoms with Crippen LogP contribution in [0.2, 0.25) is 0 Å². The molecule has 39 heavy (non-hydrogen) atoms. The lowest BCUT2D eigenvalue weighted by Gasteiger charge is -2.24. The number of halogens is 4. The van der Waals surface area contributed by atoms with Crippen LogP contribution < -0.4 is 4.74 Å². The summed E-state index contributed by atoms with van der Waals surface area (Å²) in [6.45, 7) is 10.8. The van der Waals surface area contributed by atoms with Crippen LogP contribution in [0, 0.1) is 0 Å². The number of benzene rings is 3. The molecule has 4 nitrogen and oxygen atoms in total. The predicted molar refractivity (Wildman–Crippen MR) is 146 cm³/mol. The summed E-state index contributed by atoms with van der Waals surface area (Å²) in [6.07, 6.45) is -5.88. The second-order valence-electron chi connectivity index (χ2n) is 11.3. The Bertz CT molecular complexity index is 1310.